The maximum Gasteiger partial charge on any atom is 0.252 e. The van der Waals surface area contributed by atoms with E-state index in [0.29, 0.717) is 11.6 Å². The summed E-state index contributed by atoms with van der Waals surface area (Å²) < 4.78 is 39.3. The molecule has 3 aromatic carbocycles. The van der Waals surface area contributed by atoms with E-state index < -0.39 is 34.2 Å². The van der Waals surface area contributed by atoms with Crippen LogP contribution >= 0.6 is 0 Å². The SMILES string of the molecule is COC(CN(C1CC(=O)N(c2ccc(C(C)C)cc2)C1=O)S(=O)(=O)c1ccc2ccccc2c1)OC. The molecule has 9 heteroatoms. The number of carbonyl (C=O) groups excluding carboxylic acids is 2. The van der Waals surface area contributed by atoms with Gasteiger partial charge in [-0.3, -0.25) is 9.59 Å². The number of sulfonamides is 1. The van der Waals surface area contributed by atoms with Crippen molar-refractivity contribution in [3.8, 4) is 0 Å². The maximum absolute atomic E-state index is 13.9. The lowest BCUT2D eigenvalue weighted by Gasteiger charge is -2.29. The number of rotatable bonds is 9. The highest BCUT2D eigenvalue weighted by atomic mass is 32.2. The molecule has 0 spiro atoms. The molecule has 2 amide bonds. The van der Waals surface area contributed by atoms with Gasteiger partial charge in [0.2, 0.25) is 15.9 Å². The van der Waals surface area contributed by atoms with Crippen LogP contribution < -0.4 is 4.90 Å². The summed E-state index contributed by atoms with van der Waals surface area (Å²) in [6, 6.07) is 18.1. The summed E-state index contributed by atoms with van der Waals surface area (Å²) in [5.74, 6) is -0.778. The van der Waals surface area contributed by atoms with Crippen molar-refractivity contribution in [3.05, 3.63) is 72.3 Å². The van der Waals surface area contributed by atoms with E-state index in [2.05, 4.69) is 13.8 Å². The van der Waals surface area contributed by atoms with Gasteiger partial charge in [0.05, 0.1) is 23.5 Å². The minimum absolute atomic E-state index is 0.0205. The summed E-state index contributed by atoms with van der Waals surface area (Å²) in [6.45, 7) is 3.84. The first kappa shape index (κ1) is 26.0. The van der Waals surface area contributed by atoms with Gasteiger partial charge < -0.3 is 9.47 Å². The number of ether oxygens (including phenoxy) is 2. The van der Waals surface area contributed by atoms with Crippen LogP contribution in [0.1, 0.15) is 31.7 Å². The molecule has 1 unspecified atom stereocenters. The minimum Gasteiger partial charge on any atom is -0.354 e. The molecule has 1 heterocycles. The molecule has 0 bridgehead atoms. The number of methoxy groups -OCH3 is 2. The molecule has 0 N–H and O–H groups in total. The summed E-state index contributed by atoms with van der Waals surface area (Å²) in [5, 5.41) is 1.63. The van der Waals surface area contributed by atoms with Gasteiger partial charge in [-0.15, -0.1) is 0 Å². The summed E-state index contributed by atoms with van der Waals surface area (Å²) in [5.41, 5.74) is 1.48. The molecule has 1 atom stereocenters. The number of benzene rings is 3. The number of anilines is 1. The van der Waals surface area contributed by atoms with E-state index in [0.717, 1.165) is 25.5 Å². The molecule has 1 fully saturated rings. The lowest BCUT2D eigenvalue weighted by Crippen LogP contribution is -2.49. The number of amides is 2. The van der Waals surface area contributed by atoms with E-state index >= 15 is 0 Å². The van der Waals surface area contributed by atoms with Gasteiger partial charge >= 0.3 is 0 Å². The number of fused-ring (bicyclic) bond motifs is 1. The van der Waals surface area contributed by atoms with Crippen molar-refractivity contribution in [2.24, 2.45) is 0 Å². The fourth-order valence-electron chi connectivity index (χ4n) is 4.37. The van der Waals surface area contributed by atoms with Crippen LogP contribution in [0.5, 0.6) is 0 Å². The van der Waals surface area contributed by atoms with Crippen molar-refractivity contribution in [1.82, 2.24) is 4.31 Å². The fourth-order valence-corrected chi connectivity index (χ4v) is 5.97. The van der Waals surface area contributed by atoms with E-state index in [-0.39, 0.29) is 17.9 Å². The highest BCUT2D eigenvalue weighted by Gasteiger charge is 2.47. The predicted octanol–water partition coefficient (Wildman–Crippen LogP) is 3.90. The molecule has 190 valence electrons. The topological polar surface area (TPSA) is 93.2 Å². The third-order valence-electron chi connectivity index (χ3n) is 6.47. The number of carbonyl (C=O) groups is 2. The normalized spacial score (nSPS) is 16.8. The van der Waals surface area contributed by atoms with Gasteiger partial charge in [-0.1, -0.05) is 56.3 Å². The molecule has 4 rings (SSSR count). The van der Waals surface area contributed by atoms with Gasteiger partial charge in [0.25, 0.3) is 5.91 Å². The van der Waals surface area contributed by atoms with Gasteiger partial charge in [0, 0.05) is 14.2 Å². The Bertz CT molecular complexity index is 1370. The second-order valence-corrected chi connectivity index (χ2v) is 10.9. The first-order chi connectivity index (χ1) is 17.2. The fraction of sp³-hybridized carbons (Fsp3) is 0.333. The van der Waals surface area contributed by atoms with Crippen molar-refractivity contribution < 1.29 is 27.5 Å². The van der Waals surface area contributed by atoms with Crippen LogP contribution in [0.25, 0.3) is 10.8 Å². The Labute approximate surface area is 211 Å². The van der Waals surface area contributed by atoms with Gasteiger partial charge in [0.15, 0.2) is 6.29 Å². The molecule has 1 aliphatic rings. The summed E-state index contributed by atoms with van der Waals surface area (Å²) in [4.78, 5) is 27.6. The smallest absolute Gasteiger partial charge is 0.252 e. The van der Waals surface area contributed by atoms with E-state index in [1.807, 2.05) is 36.4 Å². The molecule has 1 aliphatic heterocycles. The molecule has 0 aromatic heterocycles. The molecule has 8 nitrogen and oxygen atoms in total. The van der Waals surface area contributed by atoms with Crippen LogP contribution in [0, 0.1) is 0 Å². The van der Waals surface area contributed by atoms with Gasteiger partial charge in [-0.25, -0.2) is 13.3 Å². The van der Waals surface area contributed by atoms with Gasteiger partial charge in [-0.2, -0.15) is 4.31 Å². The van der Waals surface area contributed by atoms with Crippen LogP contribution in [-0.4, -0.2) is 57.6 Å². The van der Waals surface area contributed by atoms with E-state index in [4.69, 9.17) is 9.47 Å². The van der Waals surface area contributed by atoms with Crippen LogP contribution in [0.15, 0.2) is 71.6 Å². The quantitative estimate of drug-likeness (QED) is 0.320. The third kappa shape index (κ3) is 4.92. The molecule has 1 saturated heterocycles. The number of imide groups is 1. The maximum atomic E-state index is 13.9. The molecule has 0 aliphatic carbocycles. The summed E-state index contributed by atoms with van der Waals surface area (Å²) in [7, 11) is -1.42. The second kappa shape index (κ2) is 10.5. The van der Waals surface area contributed by atoms with E-state index in [9.17, 15) is 18.0 Å². The van der Waals surface area contributed by atoms with Crippen molar-refractivity contribution in [2.75, 3.05) is 25.7 Å². The van der Waals surface area contributed by atoms with Gasteiger partial charge in [0.1, 0.15) is 6.04 Å². The first-order valence-electron chi connectivity index (χ1n) is 11.7. The van der Waals surface area contributed by atoms with Gasteiger partial charge in [-0.05, 0) is 46.5 Å². The zero-order chi connectivity index (χ0) is 26.0. The van der Waals surface area contributed by atoms with Crippen molar-refractivity contribution in [2.45, 2.75) is 43.4 Å². The Morgan fingerprint density at radius 2 is 1.58 bits per heavy atom. The number of hydrogen-bond donors (Lipinski definition) is 0. The second-order valence-electron chi connectivity index (χ2n) is 9.02. The summed E-state index contributed by atoms with van der Waals surface area (Å²) >= 11 is 0. The van der Waals surface area contributed by atoms with Crippen LogP contribution in [0.3, 0.4) is 0 Å². The number of nitrogens with zero attached hydrogens (tertiary/aromatic N) is 2. The molecular formula is C27H30N2O6S. The minimum atomic E-state index is -4.20. The molecule has 36 heavy (non-hydrogen) atoms. The summed E-state index contributed by atoms with van der Waals surface area (Å²) in [6.07, 6.45) is -1.21. The molecular weight excluding hydrogens is 480 g/mol. The molecule has 0 saturated carbocycles. The first-order valence-corrected chi connectivity index (χ1v) is 13.1. The zero-order valence-electron chi connectivity index (χ0n) is 20.7. The van der Waals surface area contributed by atoms with E-state index in [1.165, 1.54) is 20.3 Å². The Hall–Kier alpha value is -3.11. The number of hydrogen-bond acceptors (Lipinski definition) is 6. The van der Waals surface area contributed by atoms with Crippen molar-refractivity contribution in [3.63, 3.8) is 0 Å². The Kier molecular flexibility index (Phi) is 7.56. The molecule has 3 aromatic rings. The Balaban J connectivity index is 1.73. The van der Waals surface area contributed by atoms with Crippen molar-refractivity contribution >= 4 is 38.3 Å². The van der Waals surface area contributed by atoms with Crippen LogP contribution in [0.4, 0.5) is 5.69 Å². The average Bonchev–Trinajstić information content (AvgIpc) is 3.17. The Morgan fingerprint density at radius 1 is 0.944 bits per heavy atom. The lowest BCUT2D eigenvalue weighted by atomic mass is 10.0. The highest BCUT2D eigenvalue weighted by molar-refractivity contribution is 7.89. The highest BCUT2D eigenvalue weighted by Crippen LogP contribution is 2.31. The Morgan fingerprint density at radius 3 is 2.19 bits per heavy atom. The molecule has 0 radical (unpaired) electrons. The largest absolute Gasteiger partial charge is 0.354 e. The van der Waals surface area contributed by atoms with Crippen molar-refractivity contribution in [1.29, 1.82) is 0 Å². The predicted molar refractivity (Wildman–Crippen MR) is 137 cm³/mol. The lowest BCUT2D eigenvalue weighted by molar-refractivity contribution is -0.125. The van der Waals surface area contributed by atoms with Crippen LogP contribution in [0.2, 0.25) is 0 Å². The van der Waals surface area contributed by atoms with Crippen LogP contribution in [-0.2, 0) is 29.1 Å². The third-order valence-corrected chi connectivity index (χ3v) is 8.34. The monoisotopic (exact) mass is 510 g/mol. The van der Waals surface area contributed by atoms with E-state index in [1.54, 1.807) is 24.3 Å². The average molecular weight is 511 g/mol. The standard InChI is InChI=1S/C27H30N2O6S/c1-18(2)19-9-12-22(13-10-19)29-25(30)16-24(27(29)31)28(17-26(34-3)35-4)36(32,33)23-14-11-20-7-5-6-8-21(20)15-23/h5-15,18,24,26H,16-17H2,1-4H3. The zero-order valence-corrected chi connectivity index (χ0v) is 21.6.